The molecule has 1 fully saturated rings. The van der Waals surface area contributed by atoms with E-state index in [-0.39, 0.29) is 5.92 Å². The van der Waals surface area contributed by atoms with E-state index in [1.54, 1.807) is 16.4 Å². The summed E-state index contributed by atoms with van der Waals surface area (Å²) in [5, 5.41) is 0. The summed E-state index contributed by atoms with van der Waals surface area (Å²) >= 11 is 0. The topological polar surface area (TPSA) is 55.2 Å². The summed E-state index contributed by atoms with van der Waals surface area (Å²) in [4.78, 5) is 4.95. The van der Waals surface area contributed by atoms with Crippen molar-refractivity contribution in [2.75, 3.05) is 13.1 Å². The van der Waals surface area contributed by atoms with Gasteiger partial charge in [-0.3, -0.25) is 0 Å². The summed E-state index contributed by atoms with van der Waals surface area (Å²) in [5.41, 5.74) is 1.76. The van der Waals surface area contributed by atoms with Gasteiger partial charge in [-0.05, 0) is 31.9 Å². The van der Waals surface area contributed by atoms with E-state index in [0.29, 0.717) is 18.0 Å². The van der Waals surface area contributed by atoms with Crippen LogP contribution < -0.4 is 0 Å². The molecule has 2 heterocycles. The lowest BCUT2D eigenvalue weighted by molar-refractivity contribution is 0.469. The van der Waals surface area contributed by atoms with E-state index in [9.17, 15) is 8.42 Å². The predicted molar refractivity (Wildman–Crippen MR) is 85.2 cm³/mol. The highest BCUT2D eigenvalue weighted by molar-refractivity contribution is 7.89. The normalized spacial score (nSPS) is 19.7. The largest absolute Gasteiger partial charge is 0.337 e. The first-order valence-corrected chi connectivity index (χ1v) is 8.89. The minimum absolute atomic E-state index is 0.164. The molecular formula is C16H21N3O2S. The second kappa shape index (κ2) is 5.52. The third-order valence-electron chi connectivity index (χ3n) is 4.26. The van der Waals surface area contributed by atoms with E-state index < -0.39 is 10.0 Å². The smallest absolute Gasteiger partial charge is 0.243 e. The zero-order valence-electron chi connectivity index (χ0n) is 13.2. The molecule has 1 saturated heterocycles. The first-order chi connectivity index (χ1) is 10.4. The summed E-state index contributed by atoms with van der Waals surface area (Å²) in [5.74, 6) is 1.14. The quantitative estimate of drug-likeness (QED) is 0.871. The first kappa shape index (κ1) is 15.2. The van der Waals surface area contributed by atoms with Crippen molar-refractivity contribution < 1.29 is 8.42 Å². The van der Waals surface area contributed by atoms with Gasteiger partial charge in [0.15, 0.2) is 0 Å². The van der Waals surface area contributed by atoms with E-state index in [1.165, 1.54) is 0 Å². The van der Waals surface area contributed by atoms with Crippen molar-refractivity contribution in [1.29, 1.82) is 0 Å². The molecular weight excluding hydrogens is 298 g/mol. The zero-order chi connectivity index (χ0) is 15.9. The van der Waals surface area contributed by atoms with Crippen LogP contribution in [0.15, 0.2) is 35.4 Å². The average molecular weight is 319 g/mol. The molecule has 1 aromatic heterocycles. The molecule has 0 amide bonds. The highest BCUT2D eigenvalue weighted by Gasteiger charge is 2.35. The molecule has 1 aliphatic rings. The molecule has 0 saturated carbocycles. The minimum atomic E-state index is -3.42. The molecule has 0 aliphatic carbocycles. The summed E-state index contributed by atoms with van der Waals surface area (Å²) in [6, 6.07) is 7.15. The van der Waals surface area contributed by atoms with Crippen LogP contribution >= 0.6 is 0 Å². The van der Waals surface area contributed by atoms with Gasteiger partial charge >= 0.3 is 0 Å². The van der Waals surface area contributed by atoms with Crippen LogP contribution in [-0.4, -0.2) is 35.4 Å². The van der Waals surface area contributed by atoms with E-state index in [4.69, 9.17) is 0 Å². The van der Waals surface area contributed by atoms with Gasteiger partial charge in [0.05, 0.1) is 10.6 Å². The van der Waals surface area contributed by atoms with Gasteiger partial charge in [-0.25, -0.2) is 13.4 Å². The number of nitrogens with zero attached hydrogens (tertiary/aromatic N) is 3. The van der Waals surface area contributed by atoms with Crippen molar-refractivity contribution in [3.05, 3.63) is 47.5 Å². The van der Waals surface area contributed by atoms with Gasteiger partial charge in [0.25, 0.3) is 0 Å². The van der Waals surface area contributed by atoms with Crippen molar-refractivity contribution in [3.63, 3.8) is 0 Å². The molecule has 5 nitrogen and oxygen atoms in total. The van der Waals surface area contributed by atoms with E-state index in [1.807, 2.05) is 43.8 Å². The molecule has 22 heavy (non-hydrogen) atoms. The first-order valence-electron chi connectivity index (χ1n) is 7.45. The second-order valence-corrected chi connectivity index (χ2v) is 7.87. The SMILES string of the molecule is Cc1cn(C)c([C@@H]2CCN(S(=O)(=O)c3ccccc3C)C2)n1. The standard InChI is InChI=1S/C16H21N3O2S/c1-12-6-4-5-7-15(12)22(20,21)19-9-8-14(11-19)16-17-13(2)10-18(16)3/h4-7,10,14H,8-9,11H2,1-3H3/t14-/m1/s1. The second-order valence-electron chi connectivity index (χ2n) is 5.97. The van der Waals surface area contributed by atoms with Crippen LogP contribution in [0, 0.1) is 13.8 Å². The van der Waals surface area contributed by atoms with Crippen LogP contribution in [0.5, 0.6) is 0 Å². The Bertz CT molecular complexity index is 795. The molecule has 0 N–H and O–H groups in total. The number of hydrogen-bond donors (Lipinski definition) is 0. The predicted octanol–water partition coefficient (Wildman–Crippen LogP) is 2.22. The van der Waals surface area contributed by atoms with E-state index in [0.717, 1.165) is 23.5 Å². The van der Waals surface area contributed by atoms with Gasteiger partial charge < -0.3 is 4.57 Å². The van der Waals surface area contributed by atoms with Crippen LogP contribution in [0.25, 0.3) is 0 Å². The van der Waals surface area contributed by atoms with Gasteiger partial charge in [-0.2, -0.15) is 4.31 Å². The Balaban J connectivity index is 1.86. The maximum Gasteiger partial charge on any atom is 0.243 e. The van der Waals surface area contributed by atoms with Crippen molar-refractivity contribution in [1.82, 2.24) is 13.9 Å². The third kappa shape index (κ3) is 2.57. The van der Waals surface area contributed by atoms with Crippen molar-refractivity contribution in [3.8, 4) is 0 Å². The number of imidazole rings is 1. The molecule has 2 aromatic rings. The number of aromatic nitrogens is 2. The molecule has 118 valence electrons. The maximum atomic E-state index is 12.8. The number of sulfonamides is 1. The molecule has 0 spiro atoms. The maximum absolute atomic E-state index is 12.8. The summed E-state index contributed by atoms with van der Waals surface area (Å²) in [6.45, 7) is 4.84. The zero-order valence-corrected chi connectivity index (χ0v) is 14.0. The average Bonchev–Trinajstić information content (AvgIpc) is 3.06. The van der Waals surface area contributed by atoms with Crippen LogP contribution in [-0.2, 0) is 17.1 Å². The Labute approximate surface area is 131 Å². The van der Waals surface area contributed by atoms with Crippen molar-refractivity contribution in [2.24, 2.45) is 7.05 Å². The molecule has 3 rings (SSSR count). The van der Waals surface area contributed by atoms with Crippen LogP contribution in [0.4, 0.5) is 0 Å². The lowest BCUT2D eigenvalue weighted by Gasteiger charge is -2.18. The fourth-order valence-corrected chi connectivity index (χ4v) is 4.88. The van der Waals surface area contributed by atoms with E-state index >= 15 is 0 Å². The van der Waals surface area contributed by atoms with Crippen molar-refractivity contribution >= 4 is 10.0 Å². The fraction of sp³-hybridized carbons (Fsp3) is 0.438. The highest BCUT2D eigenvalue weighted by Crippen LogP contribution is 2.31. The van der Waals surface area contributed by atoms with Crippen LogP contribution in [0.1, 0.15) is 29.4 Å². The molecule has 0 radical (unpaired) electrons. The Morgan fingerprint density at radius 2 is 1.95 bits per heavy atom. The van der Waals surface area contributed by atoms with Gasteiger partial charge in [-0.1, -0.05) is 18.2 Å². The summed E-state index contributed by atoms with van der Waals surface area (Å²) in [6.07, 6.45) is 2.79. The van der Waals surface area contributed by atoms with Crippen LogP contribution in [0.3, 0.4) is 0 Å². The van der Waals surface area contributed by atoms with Crippen molar-refractivity contribution in [2.45, 2.75) is 31.1 Å². The fourth-order valence-electron chi connectivity index (χ4n) is 3.16. The lowest BCUT2D eigenvalue weighted by Crippen LogP contribution is -2.29. The number of benzene rings is 1. The number of rotatable bonds is 3. The Kier molecular flexibility index (Phi) is 3.82. The Morgan fingerprint density at radius 3 is 2.59 bits per heavy atom. The van der Waals surface area contributed by atoms with Gasteiger partial charge in [-0.15, -0.1) is 0 Å². The highest BCUT2D eigenvalue weighted by atomic mass is 32.2. The summed E-state index contributed by atoms with van der Waals surface area (Å²) in [7, 11) is -1.45. The molecule has 1 atom stereocenters. The third-order valence-corrected chi connectivity index (χ3v) is 6.29. The van der Waals surface area contributed by atoms with Gasteiger partial charge in [0.2, 0.25) is 10.0 Å². The monoisotopic (exact) mass is 319 g/mol. The summed E-state index contributed by atoms with van der Waals surface area (Å²) < 4.78 is 29.2. The molecule has 1 aromatic carbocycles. The van der Waals surface area contributed by atoms with Gasteiger partial charge in [0, 0.05) is 32.3 Å². The Morgan fingerprint density at radius 1 is 1.23 bits per heavy atom. The molecule has 1 aliphatic heterocycles. The minimum Gasteiger partial charge on any atom is -0.337 e. The number of aryl methyl sites for hydroxylation is 3. The van der Waals surface area contributed by atoms with E-state index in [2.05, 4.69) is 4.98 Å². The Hall–Kier alpha value is -1.66. The molecule has 0 bridgehead atoms. The van der Waals surface area contributed by atoms with Gasteiger partial charge in [0.1, 0.15) is 5.82 Å². The lowest BCUT2D eigenvalue weighted by atomic mass is 10.1. The number of hydrogen-bond acceptors (Lipinski definition) is 3. The molecule has 0 unspecified atom stereocenters. The molecule has 6 heteroatoms. The van der Waals surface area contributed by atoms with Crippen LogP contribution in [0.2, 0.25) is 0 Å².